The van der Waals surface area contributed by atoms with Crippen LogP contribution in [0.25, 0.3) is 0 Å². The zero-order chi connectivity index (χ0) is 14.7. The summed E-state index contributed by atoms with van der Waals surface area (Å²) in [6.45, 7) is 7.83. The second-order valence-corrected chi connectivity index (χ2v) is 7.22. The van der Waals surface area contributed by atoms with Crippen LogP contribution < -0.4 is 5.32 Å². The molecule has 21 heavy (non-hydrogen) atoms. The molecular weight excluding hydrogens is 256 g/mol. The zero-order valence-electron chi connectivity index (χ0n) is 13.6. The third kappa shape index (κ3) is 3.87. The quantitative estimate of drug-likeness (QED) is 0.881. The first kappa shape index (κ1) is 15.1. The van der Waals surface area contributed by atoms with E-state index in [0.29, 0.717) is 6.04 Å². The van der Waals surface area contributed by atoms with Crippen LogP contribution in [0.4, 0.5) is 0 Å². The molecule has 2 nitrogen and oxygen atoms in total. The first-order valence-corrected chi connectivity index (χ1v) is 8.77. The number of hydrogen-bond donors (Lipinski definition) is 1. The minimum Gasteiger partial charge on any atom is -0.310 e. The molecule has 2 unspecified atom stereocenters. The highest BCUT2D eigenvalue weighted by Gasteiger charge is 2.34. The average Bonchev–Trinajstić information content (AvgIpc) is 2.96. The van der Waals surface area contributed by atoms with E-state index < -0.39 is 0 Å². The fourth-order valence-electron chi connectivity index (χ4n) is 4.07. The van der Waals surface area contributed by atoms with Gasteiger partial charge in [0.1, 0.15) is 0 Å². The topological polar surface area (TPSA) is 15.3 Å². The van der Waals surface area contributed by atoms with Crippen molar-refractivity contribution in [2.45, 2.75) is 71.1 Å². The van der Waals surface area contributed by atoms with Crippen LogP contribution in [0, 0.1) is 5.92 Å². The summed E-state index contributed by atoms with van der Waals surface area (Å²) in [6.07, 6.45) is 7.23. The number of hydrogen-bond acceptors (Lipinski definition) is 2. The maximum Gasteiger partial charge on any atom is 0.0236 e. The molecule has 0 spiro atoms. The van der Waals surface area contributed by atoms with Crippen LogP contribution in [0.2, 0.25) is 0 Å². The molecule has 2 heteroatoms. The molecule has 1 aliphatic heterocycles. The maximum atomic E-state index is 3.48. The normalized spacial score (nSPS) is 26.2. The molecule has 0 bridgehead atoms. The molecule has 1 saturated carbocycles. The van der Waals surface area contributed by atoms with E-state index in [1.54, 1.807) is 0 Å². The highest BCUT2D eigenvalue weighted by molar-refractivity contribution is 5.22. The van der Waals surface area contributed by atoms with Gasteiger partial charge in [-0.15, -0.1) is 0 Å². The Morgan fingerprint density at radius 3 is 2.52 bits per heavy atom. The summed E-state index contributed by atoms with van der Waals surface area (Å²) in [5.41, 5.74) is 2.88. The largest absolute Gasteiger partial charge is 0.310 e. The lowest BCUT2D eigenvalue weighted by Crippen LogP contribution is -2.41. The van der Waals surface area contributed by atoms with Crippen molar-refractivity contribution in [2.75, 3.05) is 6.54 Å². The van der Waals surface area contributed by atoms with Crippen LogP contribution >= 0.6 is 0 Å². The Morgan fingerprint density at radius 2 is 1.76 bits per heavy atom. The summed E-state index contributed by atoms with van der Waals surface area (Å²) in [6, 6.07) is 10.7. The molecule has 0 amide bonds. The Balaban J connectivity index is 1.57. The van der Waals surface area contributed by atoms with Gasteiger partial charge in [-0.3, -0.25) is 4.90 Å². The fraction of sp³-hybridized carbons (Fsp3) is 0.684. The van der Waals surface area contributed by atoms with E-state index in [9.17, 15) is 0 Å². The van der Waals surface area contributed by atoms with Crippen molar-refractivity contribution in [3.63, 3.8) is 0 Å². The number of nitrogens with zero attached hydrogens (tertiary/aromatic N) is 1. The van der Waals surface area contributed by atoms with E-state index in [-0.39, 0.29) is 0 Å². The van der Waals surface area contributed by atoms with E-state index in [0.717, 1.165) is 25.0 Å². The van der Waals surface area contributed by atoms with Gasteiger partial charge in [0, 0.05) is 25.2 Å². The van der Waals surface area contributed by atoms with E-state index >= 15 is 0 Å². The molecule has 1 aromatic rings. The summed E-state index contributed by atoms with van der Waals surface area (Å²) >= 11 is 0. The number of likely N-dealkylation sites (tertiary alicyclic amines) is 1. The zero-order valence-corrected chi connectivity index (χ0v) is 13.6. The summed E-state index contributed by atoms with van der Waals surface area (Å²) in [7, 11) is 0. The lowest BCUT2D eigenvalue weighted by Gasteiger charge is -2.37. The van der Waals surface area contributed by atoms with Gasteiger partial charge in [0.2, 0.25) is 0 Å². The van der Waals surface area contributed by atoms with Gasteiger partial charge in [0.15, 0.2) is 0 Å². The Bertz CT molecular complexity index is 437. The molecule has 2 aliphatic rings. The fourth-order valence-corrected chi connectivity index (χ4v) is 4.07. The molecule has 1 aromatic carbocycles. The highest BCUT2D eigenvalue weighted by atomic mass is 15.2. The summed E-state index contributed by atoms with van der Waals surface area (Å²) in [4.78, 5) is 2.75. The molecule has 1 heterocycles. The molecule has 1 N–H and O–H groups in total. The molecular formula is C19H30N2. The first-order chi connectivity index (χ1) is 10.2. The van der Waals surface area contributed by atoms with Crippen LogP contribution in [0.1, 0.15) is 57.1 Å². The van der Waals surface area contributed by atoms with Crippen molar-refractivity contribution in [1.82, 2.24) is 10.2 Å². The number of nitrogens with one attached hydrogen (secondary N) is 1. The van der Waals surface area contributed by atoms with E-state index in [1.165, 1.54) is 49.8 Å². The third-order valence-electron chi connectivity index (χ3n) is 5.23. The molecule has 3 rings (SSSR count). The summed E-state index contributed by atoms with van der Waals surface area (Å²) < 4.78 is 0. The van der Waals surface area contributed by atoms with Crippen molar-refractivity contribution in [2.24, 2.45) is 5.92 Å². The maximum absolute atomic E-state index is 3.48. The molecule has 1 aliphatic carbocycles. The van der Waals surface area contributed by atoms with Gasteiger partial charge >= 0.3 is 0 Å². The Kier molecular flexibility index (Phi) is 4.97. The lowest BCUT2D eigenvalue weighted by molar-refractivity contribution is 0.106. The lowest BCUT2D eigenvalue weighted by atomic mass is 9.91. The van der Waals surface area contributed by atoms with Crippen LogP contribution in [-0.4, -0.2) is 23.5 Å². The van der Waals surface area contributed by atoms with E-state index in [4.69, 9.17) is 0 Å². The van der Waals surface area contributed by atoms with Gasteiger partial charge in [-0.2, -0.15) is 0 Å². The standard InChI is InChI=1S/C19H30N2/c1-15(2)20-13-16-8-10-17(11-9-16)14-21-12-4-6-18-5-3-7-19(18)21/h8-11,15,18-20H,3-7,12-14H2,1-2H3. The summed E-state index contributed by atoms with van der Waals surface area (Å²) in [5.74, 6) is 0.994. The van der Waals surface area contributed by atoms with Crippen molar-refractivity contribution in [1.29, 1.82) is 0 Å². The summed E-state index contributed by atoms with van der Waals surface area (Å²) in [5, 5.41) is 3.48. The number of rotatable bonds is 5. The SMILES string of the molecule is CC(C)NCc1ccc(CN2CCCC3CCCC32)cc1. The van der Waals surface area contributed by atoms with Crippen molar-refractivity contribution < 1.29 is 0 Å². The predicted octanol–water partition coefficient (Wildman–Crippen LogP) is 3.95. The van der Waals surface area contributed by atoms with Crippen LogP contribution in [-0.2, 0) is 13.1 Å². The van der Waals surface area contributed by atoms with Gasteiger partial charge in [0.05, 0.1) is 0 Å². The second-order valence-electron chi connectivity index (χ2n) is 7.22. The van der Waals surface area contributed by atoms with E-state index in [2.05, 4.69) is 48.3 Å². The smallest absolute Gasteiger partial charge is 0.0236 e. The highest BCUT2D eigenvalue weighted by Crippen LogP contribution is 2.37. The van der Waals surface area contributed by atoms with Crippen LogP contribution in [0.15, 0.2) is 24.3 Å². The number of fused-ring (bicyclic) bond motifs is 1. The monoisotopic (exact) mass is 286 g/mol. The molecule has 2 atom stereocenters. The third-order valence-corrected chi connectivity index (χ3v) is 5.23. The second kappa shape index (κ2) is 6.93. The van der Waals surface area contributed by atoms with Crippen LogP contribution in [0.3, 0.4) is 0 Å². The van der Waals surface area contributed by atoms with Crippen molar-refractivity contribution in [3.05, 3.63) is 35.4 Å². The Morgan fingerprint density at radius 1 is 1.05 bits per heavy atom. The van der Waals surface area contributed by atoms with E-state index in [1.807, 2.05) is 0 Å². The Labute approximate surface area is 129 Å². The van der Waals surface area contributed by atoms with Gasteiger partial charge in [-0.05, 0) is 49.3 Å². The molecule has 116 valence electrons. The van der Waals surface area contributed by atoms with Crippen LogP contribution in [0.5, 0.6) is 0 Å². The van der Waals surface area contributed by atoms with Crippen molar-refractivity contribution >= 4 is 0 Å². The molecule has 2 fully saturated rings. The predicted molar refractivity (Wildman–Crippen MR) is 89.2 cm³/mol. The minimum atomic E-state index is 0.553. The number of benzene rings is 1. The minimum absolute atomic E-state index is 0.553. The molecule has 0 aromatic heterocycles. The van der Waals surface area contributed by atoms with Crippen molar-refractivity contribution in [3.8, 4) is 0 Å². The van der Waals surface area contributed by atoms with Gasteiger partial charge in [-0.1, -0.05) is 44.5 Å². The van der Waals surface area contributed by atoms with Gasteiger partial charge < -0.3 is 5.32 Å². The molecule has 1 saturated heterocycles. The average molecular weight is 286 g/mol. The Hall–Kier alpha value is -0.860. The molecule has 0 radical (unpaired) electrons. The van der Waals surface area contributed by atoms with Gasteiger partial charge in [-0.25, -0.2) is 0 Å². The van der Waals surface area contributed by atoms with Gasteiger partial charge in [0.25, 0.3) is 0 Å². The number of piperidine rings is 1. The first-order valence-electron chi connectivity index (χ1n) is 8.77.